The number of aliphatic carboxylic acids is 1. The van der Waals surface area contributed by atoms with E-state index >= 15 is 0 Å². The molecule has 1 amide bonds. The van der Waals surface area contributed by atoms with Crippen LogP contribution in [-0.2, 0) is 4.79 Å². The summed E-state index contributed by atoms with van der Waals surface area (Å²) in [5.74, 6) is -0.537. The molecule has 2 N–H and O–H groups in total. The van der Waals surface area contributed by atoms with Crippen molar-refractivity contribution in [2.24, 2.45) is 0 Å². The third-order valence-electron chi connectivity index (χ3n) is 2.87. The van der Waals surface area contributed by atoms with Crippen molar-refractivity contribution in [2.75, 3.05) is 0 Å². The number of nitrogens with one attached hydrogen (secondary N) is 1. The van der Waals surface area contributed by atoms with E-state index in [0.717, 1.165) is 16.5 Å². The zero-order valence-electron chi connectivity index (χ0n) is 11.6. The Hall–Kier alpha value is -2.34. The highest BCUT2D eigenvalue weighted by molar-refractivity contribution is 7.15. The van der Waals surface area contributed by atoms with Crippen molar-refractivity contribution in [3.63, 3.8) is 0 Å². The summed E-state index contributed by atoms with van der Waals surface area (Å²) in [5.41, 5.74) is 0.869. The number of carboxylic acids is 1. The van der Waals surface area contributed by atoms with Crippen molar-refractivity contribution < 1.29 is 19.1 Å². The SMILES string of the molecule is Cc1cc(C(=O)NC(C)c2ccco2)sc1/C=C/C(=O)O. The summed E-state index contributed by atoms with van der Waals surface area (Å²) >= 11 is 1.26. The van der Waals surface area contributed by atoms with Gasteiger partial charge in [-0.15, -0.1) is 11.3 Å². The molecular formula is C15H15NO4S. The second-order valence-corrected chi connectivity index (χ2v) is 5.62. The summed E-state index contributed by atoms with van der Waals surface area (Å²) in [6.45, 7) is 3.67. The van der Waals surface area contributed by atoms with Crippen molar-refractivity contribution in [1.29, 1.82) is 0 Å². The molecule has 110 valence electrons. The van der Waals surface area contributed by atoms with Crippen molar-refractivity contribution in [1.82, 2.24) is 5.32 Å². The Labute approximate surface area is 125 Å². The molecule has 0 radical (unpaired) electrons. The number of amides is 1. The van der Waals surface area contributed by atoms with Gasteiger partial charge in [0.1, 0.15) is 5.76 Å². The second kappa shape index (κ2) is 6.41. The van der Waals surface area contributed by atoms with E-state index in [4.69, 9.17) is 9.52 Å². The fourth-order valence-corrected chi connectivity index (χ4v) is 2.78. The monoisotopic (exact) mass is 305 g/mol. The van der Waals surface area contributed by atoms with E-state index in [9.17, 15) is 9.59 Å². The average molecular weight is 305 g/mol. The van der Waals surface area contributed by atoms with E-state index in [0.29, 0.717) is 10.6 Å². The highest BCUT2D eigenvalue weighted by atomic mass is 32.1. The van der Waals surface area contributed by atoms with Crippen LogP contribution in [0.2, 0.25) is 0 Å². The third kappa shape index (κ3) is 3.82. The largest absolute Gasteiger partial charge is 0.478 e. The molecule has 2 rings (SSSR count). The molecule has 0 aliphatic heterocycles. The first-order chi connectivity index (χ1) is 9.97. The molecule has 0 aromatic carbocycles. The molecule has 1 unspecified atom stereocenters. The molecule has 2 heterocycles. The van der Waals surface area contributed by atoms with Crippen LogP contribution >= 0.6 is 11.3 Å². The highest BCUT2D eigenvalue weighted by Crippen LogP contribution is 2.24. The summed E-state index contributed by atoms with van der Waals surface area (Å²) in [6.07, 6.45) is 4.11. The second-order valence-electron chi connectivity index (χ2n) is 4.54. The number of carbonyl (C=O) groups excluding carboxylic acids is 1. The van der Waals surface area contributed by atoms with E-state index in [1.807, 2.05) is 13.8 Å². The van der Waals surface area contributed by atoms with Crippen LogP contribution in [0.5, 0.6) is 0 Å². The normalized spacial score (nSPS) is 12.5. The summed E-state index contributed by atoms with van der Waals surface area (Å²) in [6, 6.07) is 5.08. The van der Waals surface area contributed by atoms with Gasteiger partial charge in [0.05, 0.1) is 17.2 Å². The van der Waals surface area contributed by atoms with E-state index in [1.54, 1.807) is 24.5 Å². The van der Waals surface area contributed by atoms with Gasteiger partial charge in [-0.25, -0.2) is 4.79 Å². The van der Waals surface area contributed by atoms with Gasteiger partial charge >= 0.3 is 5.97 Å². The number of furan rings is 1. The first-order valence-corrected chi connectivity index (χ1v) is 7.14. The predicted molar refractivity (Wildman–Crippen MR) is 80.3 cm³/mol. The van der Waals surface area contributed by atoms with Crippen LogP contribution in [0.25, 0.3) is 6.08 Å². The lowest BCUT2D eigenvalue weighted by Crippen LogP contribution is -2.25. The number of hydrogen-bond donors (Lipinski definition) is 2. The maximum Gasteiger partial charge on any atom is 0.328 e. The van der Waals surface area contributed by atoms with E-state index in [2.05, 4.69) is 5.32 Å². The van der Waals surface area contributed by atoms with Gasteiger partial charge in [-0.1, -0.05) is 0 Å². The molecule has 0 bridgehead atoms. The lowest BCUT2D eigenvalue weighted by Gasteiger charge is -2.09. The maximum atomic E-state index is 12.2. The minimum Gasteiger partial charge on any atom is -0.478 e. The molecule has 0 fully saturated rings. The number of aryl methyl sites for hydroxylation is 1. The molecule has 0 saturated carbocycles. The van der Waals surface area contributed by atoms with Crippen LogP contribution < -0.4 is 5.32 Å². The van der Waals surface area contributed by atoms with Crippen LogP contribution in [-0.4, -0.2) is 17.0 Å². The molecule has 2 aromatic heterocycles. The van der Waals surface area contributed by atoms with Crippen LogP contribution in [0.1, 0.15) is 38.8 Å². The molecule has 1 atom stereocenters. The summed E-state index contributed by atoms with van der Waals surface area (Å²) in [4.78, 5) is 24.0. The molecular weight excluding hydrogens is 290 g/mol. The van der Waals surface area contributed by atoms with Gasteiger partial charge in [0.2, 0.25) is 0 Å². The number of carboxylic acid groups (broad SMARTS) is 1. The van der Waals surface area contributed by atoms with Crippen LogP contribution in [0.4, 0.5) is 0 Å². The van der Waals surface area contributed by atoms with Gasteiger partial charge in [-0.2, -0.15) is 0 Å². The molecule has 0 aliphatic carbocycles. The number of hydrogen-bond acceptors (Lipinski definition) is 4. The Morgan fingerprint density at radius 3 is 2.86 bits per heavy atom. The quantitative estimate of drug-likeness (QED) is 0.831. The minimum atomic E-state index is -1.01. The van der Waals surface area contributed by atoms with Crippen LogP contribution in [0.15, 0.2) is 35.0 Å². The van der Waals surface area contributed by atoms with E-state index in [-0.39, 0.29) is 11.9 Å². The standard InChI is InChI=1S/C15H15NO4S/c1-9-8-13(21-12(9)5-6-14(17)18)15(19)16-10(2)11-4-3-7-20-11/h3-8,10H,1-2H3,(H,16,19)(H,17,18)/b6-5+. The Balaban J connectivity index is 2.09. The fourth-order valence-electron chi connectivity index (χ4n) is 1.80. The lowest BCUT2D eigenvalue weighted by molar-refractivity contribution is -0.131. The van der Waals surface area contributed by atoms with E-state index in [1.165, 1.54) is 17.4 Å². The highest BCUT2D eigenvalue weighted by Gasteiger charge is 2.16. The number of thiophene rings is 1. The summed E-state index contributed by atoms with van der Waals surface area (Å²) in [5, 5.41) is 11.5. The summed E-state index contributed by atoms with van der Waals surface area (Å²) < 4.78 is 5.24. The topological polar surface area (TPSA) is 79.5 Å². The van der Waals surface area contributed by atoms with Crippen LogP contribution in [0.3, 0.4) is 0 Å². The van der Waals surface area contributed by atoms with Gasteiger partial charge in [0.25, 0.3) is 5.91 Å². The Morgan fingerprint density at radius 2 is 2.24 bits per heavy atom. The van der Waals surface area contributed by atoms with Gasteiger partial charge < -0.3 is 14.8 Å². The van der Waals surface area contributed by atoms with E-state index < -0.39 is 5.97 Å². The zero-order valence-corrected chi connectivity index (χ0v) is 12.4. The zero-order chi connectivity index (χ0) is 15.4. The Morgan fingerprint density at radius 1 is 1.48 bits per heavy atom. The smallest absolute Gasteiger partial charge is 0.328 e. The maximum absolute atomic E-state index is 12.2. The first-order valence-electron chi connectivity index (χ1n) is 6.33. The first kappa shape index (κ1) is 15.1. The lowest BCUT2D eigenvalue weighted by atomic mass is 10.2. The van der Waals surface area contributed by atoms with Gasteiger partial charge in [0, 0.05) is 11.0 Å². The number of rotatable bonds is 5. The van der Waals surface area contributed by atoms with Gasteiger partial charge in [0.15, 0.2) is 0 Å². The fraction of sp³-hybridized carbons (Fsp3) is 0.200. The average Bonchev–Trinajstić information content (AvgIpc) is 3.05. The third-order valence-corrected chi connectivity index (χ3v) is 4.08. The molecule has 0 spiro atoms. The molecule has 0 aliphatic rings. The Bertz CT molecular complexity index is 670. The minimum absolute atomic E-state index is 0.207. The van der Waals surface area contributed by atoms with Crippen LogP contribution in [0, 0.1) is 6.92 Å². The summed E-state index contributed by atoms with van der Waals surface area (Å²) in [7, 11) is 0. The molecule has 21 heavy (non-hydrogen) atoms. The van der Waals surface area contributed by atoms with Gasteiger partial charge in [-0.3, -0.25) is 4.79 Å². The molecule has 2 aromatic rings. The van der Waals surface area contributed by atoms with Gasteiger partial charge in [-0.05, 0) is 43.7 Å². The van der Waals surface area contributed by atoms with Crippen molar-refractivity contribution in [3.05, 3.63) is 51.6 Å². The Kier molecular flexibility index (Phi) is 4.59. The van der Waals surface area contributed by atoms with Crippen molar-refractivity contribution in [2.45, 2.75) is 19.9 Å². The molecule has 6 heteroatoms. The molecule has 0 saturated heterocycles. The predicted octanol–water partition coefficient (Wildman–Crippen LogP) is 3.24. The van der Waals surface area contributed by atoms with Crippen molar-refractivity contribution in [3.8, 4) is 0 Å². The molecule has 5 nitrogen and oxygen atoms in total. The number of carbonyl (C=O) groups is 2. The van der Waals surface area contributed by atoms with Crippen molar-refractivity contribution >= 4 is 29.3 Å².